The summed E-state index contributed by atoms with van der Waals surface area (Å²) in [5.41, 5.74) is 3.41. The van der Waals surface area contributed by atoms with Gasteiger partial charge in [0.1, 0.15) is 0 Å². The fraction of sp³-hybridized carbons (Fsp3) is 0.655. The van der Waals surface area contributed by atoms with Crippen LogP contribution in [0.25, 0.3) is 0 Å². The van der Waals surface area contributed by atoms with Crippen LogP contribution in [-0.4, -0.2) is 35.5 Å². The van der Waals surface area contributed by atoms with Gasteiger partial charge in [-0.05, 0) is 65.9 Å². The molecule has 4 nitrogen and oxygen atoms in total. The van der Waals surface area contributed by atoms with E-state index in [1.165, 1.54) is 41.0 Å². The third-order valence-corrected chi connectivity index (χ3v) is 6.85. The van der Waals surface area contributed by atoms with Crippen LogP contribution in [0.5, 0.6) is 0 Å². The van der Waals surface area contributed by atoms with E-state index in [1.54, 1.807) is 0 Å². The second-order valence-electron chi connectivity index (χ2n) is 11.4. The fourth-order valence-corrected chi connectivity index (χ4v) is 4.92. The molecule has 0 spiro atoms. The number of hydrogen-bond acceptors (Lipinski definition) is 3. The molecule has 186 valence electrons. The van der Waals surface area contributed by atoms with Gasteiger partial charge < -0.3 is 5.11 Å². The Morgan fingerprint density at radius 3 is 1.82 bits per heavy atom. The molecule has 2 unspecified atom stereocenters. The SMILES string of the molecule is CCC(C)(C)CC(C)Cc1ccc(CCC(C)(C)CC(C)CN2C(=O)C=CC2=O)cc1.CO. The Morgan fingerprint density at radius 2 is 1.30 bits per heavy atom. The molecule has 4 heteroatoms. The summed E-state index contributed by atoms with van der Waals surface area (Å²) in [6, 6.07) is 9.19. The van der Waals surface area contributed by atoms with Crippen molar-refractivity contribution in [3.63, 3.8) is 0 Å². The normalized spacial score (nSPS) is 16.0. The van der Waals surface area contributed by atoms with E-state index >= 15 is 0 Å². The highest BCUT2D eigenvalue weighted by Gasteiger charge is 2.28. The van der Waals surface area contributed by atoms with Crippen LogP contribution in [0.1, 0.15) is 85.3 Å². The minimum absolute atomic E-state index is 0.164. The number of aliphatic hydroxyl groups is 1. The molecule has 1 N–H and O–H groups in total. The lowest BCUT2D eigenvalue weighted by molar-refractivity contribution is -0.137. The molecule has 0 bridgehead atoms. The number of amides is 2. The quantitative estimate of drug-likeness (QED) is 0.380. The molecule has 2 rings (SSSR count). The molecule has 1 aliphatic rings. The molecular weight excluding hydrogens is 410 g/mol. The molecule has 0 saturated heterocycles. The van der Waals surface area contributed by atoms with Crippen molar-refractivity contribution in [2.75, 3.05) is 13.7 Å². The van der Waals surface area contributed by atoms with Crippen LogP contribution in [0, 0.1) is 22.7 Å². The second kappa shape index (κ2) is 13.1. The van der Waals surface area contributed by atoms with Crippen molar-refractivity contribution in [3.8, 4) is 0 Å². The summed E-state index contributed by atoms with van der Waals surface area (Å²) < 4.78 is 0. The topological polar surface area (TPSA) is 57.6 Å². The Morgan fingerprint density at radius 1 is 0.818 bits per heavy atom. The van der Waals surface area contributed by atoms with Gasteiger partial charge in [0.25, 0.3) is 11.8 Å². The first-order valence-corrected chi connectivity index (χ1v) is 12.5. The Kier molecular flexibility index (Phi) is 11.5. The largest absolute Gasteiger partial charge is 0.400 e. The number of nitrogens with zero attached hydrogens (tertiary/aromatic N) is 1. The standard InChI is InChI=1S/C28H43NO2.CH4O/c1-8-27(4,5)18-21(2)17-24-11-9-23(10-12-24)15-16-28(6,7)19-22(3)20-29-25(30)13-14-26(29)31;1-2/h9-14,21-22H,8,15-20H2,1-7H3;2H,1H3. The van der Waals surface area contributed by atoms with Crippen LogP contribution >= 0.6 is 0 Å². The summed E-state index contributed by atoms with van der Waals surface area (Å²) in [6.07, 6.45) is 9.53. The average molecular weight is 458 g/mol. The zero-order valence-electron chi connectivity index (χ0n) is 22.3. The molecule has 33 heavy (non-hydrogen) atoms. The van der Waals surface area contributed by atoms with Gasteiger partial charge in [-0.3, -0.25) is 14.5 Å². The van der Waals surface area contributed by atoms with Gasteiger partial charge in [0.05, 0.1) is 0 Å². The Hall–Kier alpha value is -1.94. The predicted octanol–water partition coefficient (Wildman–Crippen LogP) is 6.21. The molecule has 1 aromatic rings. The van der Waals surface area contributed by atoms with E-state index in [0.29, 0.717) is 23.8 Å². The van der Waals surface area contributed by atoms with E-state index in [0.717, 1.165) is 32.8 Å². The monoisotopic (exact) mass is 457 g/mol. The molecule has 0 fully saturated rings. The third-order valence-electron chi connectivity index (χ3n) is 6.85. The van der Waals surface area contributed by atoms with E-state index in [-0.39, 0.29) is 17.2 Å². The van der Waals surface area contributed by atoms with Gasteiger partial charge in [-0.1, -0.05) is 79.2 Å². The van der Waals surface area contributed by atoms with Crippen molar-refractivity contribution in [1.82, 2.24) is 4.90 Å². The van der Waals surface area contributed by atoms with Crippen LogP contribution in [0.15, 0.2) is 36.4 Å². The summed E-state index contributed by atoms with van der Waals surface area (Å²) in [5, 5.41) is 7.00. The van der Waals surface area contributed by atoms with Gasteiger partial charge in [0.2, 0.25) is 0 Å². The number of aliphatic hydroxyl groups excluding tert-OH is 1. The highest BCUT2D eigenvalue weighted by molar-refractivity contribution is 6.12. The maximum Gasteiger partial charge on any atom is 0.253 e. The van der Waals surface area contributed by atoms with Crippen molar-refractivity contribution in [2.45, 2.75) is 87.0 Å². The molecule has 2 amide bonds. The van der Waals surface area contributed by atoms with Crippen molar-refractivity contribution in [3.05, 3.63) is 47.5 Å². The summed E-state index contributed by atoms with van der Waals surface area (Å²) in [6.45, 7) is 16.6. The molecule has 1 heterocycles. The fourth-order valence-electron chi connectivity index (χ4n) is 4.92. The van der Waals surface area contributed by atoms with E-state index in [4.69, 9.17) is 5.11 Å². The summed E-state index contributed by atoms with van der Waals surface area (Å²) in [5.74, 6) is 0.634. The number of rotatable bonds is 12. The number of aryl methyl sites for hydroxylation is 1. The lowest BCUT2D eigenvalue weighted by Gasteiger charge is -2.30. The van der Waals surface area contributed by atoms with Gasteiger partial charge in [-0.25, -0.2) is 0 Å². The van der Waals surface area contributed by atoms with Crippen LogP contribution in [0.2, 0.25) is 0 Å². The maximum atomic E-state index is 11.8. The molecule has 0 radical (unpaired) electrons. The Labute approximate surface area is 202 Å². The van der Waals surface area contributed by atoms with E-state index < -0.39 is 0 Å². The average Bonchev–Trinajstić information content (AvgIpc) is 3.06. The number of imide groups is 1. The molecule has 2 atom stereocenters. The second-order valence-corrected chi connectivity index (χ2v) is 11.4. The zero-order valence-corrected chi connectivity index (χ0v) is 22.3. The summed E-state index contributed by atoms with van der Waals surface area (Å²) in [4.78, 5) is 24.9. The molecule has 0 aliphatic carbocycles. The van der Waals surface area contributed by atoms with Crippen LogP contribution in [-0.2, 0) is 22.4 Å². The minimum Gasteiger partial charge on any atom is -0.400 e. The van der Waals surface area contributed by atoms with Gasteiger partial charge >= 0.3 is 0 Å². The van der Waals surface area contributed by atoms with Gasteiger partial charge in [0.15, 0.2) is 0 Å². The Bertz CT molecular complexity index is 759. The van der Waals surface area contributed by atoms with Crippen LogP contribution in [0.3, 0.4) is 0 Å². The van der Waals surface area contributed by atoms with Crippen LogP contribution < -0.4 is 0 Å². The summed E-state index contributed by atoms with van der Waals surface area (Å²) in [7, 11) is 1.00. The smallest absolute Gasteiger partial charge is 0.253 e. The Balaban J connectivity index is 0.00000265. The first kappa shape index (κ1) is 29.1. The van der Waals surface area contributed by atoms with Crippen molar-refractivity contribution < 1.29 is 14.7 Å². The molecule has 0 aromatic heterocycles. The third kappa shape index (κ3) is 10.2. The van der Waals surface area contributed by atoms with Crippen molar-refractivity contribution in [2.24, 2.45) is 22.7 Å². The van der Waals surface area contributed by atoms with Crippen LogP contribution in [0.4, 0.5) is 0 Å². The molecular formula is C29H47NO3. The van der Waals surface area contributed by atoms with E-state index in [1.807, 2.05) is 0 Å². The van der Waals surface area contributed by atoms with Gasteiger partial charge in [-0.2, -0.15) is 0 Å². The number of hydrogen-bond donors (Lipinski definition) is 1. The lowest BCUT2D eigenvalue weighted by Crippen LogP contribution is -2.35. The molecule has 1 aromatic carbocycles. The van der Waals surface area contributed by atoms with Gasteiger partial charge in [0, 0.05) is 25.8 Å². The first-order valence-electron chi connectivity index (χ1n) is 12.5. The summed E-state index contributed by atoms with van der Waals surface area (Å²) >= 11 is 0. The highest BCUT2D eigenvalue weighted by atomic mass is 16.2. The van der Waals surface area contributed by atoms with Crippen molar-refractivity contribution in [1.29, 1.82) is 0 Å². The van der Waals surface area contributed by atoms with Gasteiger partial charge in [-0.15, -0.1) is 0 Å². The van der Waals surface area contributed by atoms with Crippen molar-refractivity contribution >= 4 is 11.8 Å². The maximum absolute atomic E-state index is 11.8. The minimum atomic E-state index is -0.178. The first-order chi connectivity index (χ1) is 15.4. The van der Waals surface area contributed by atoms with E-state index in [9.17, 15) is 9.59 Å². The highest BCUT2D eigenvalue weighted by Crippen LogP contribution is 2.32. The number of carbonyl (C=O) groups is 2. The zero-order chi connectivity index (χ0) is 25.2. The number of carbonyl (C=O) groups excluding carboxylic acids is 2. The molecule has 1 aliphatic heterocycles. The molecule has 0 saturated carbocycles. The number of benzene rings is 1. The van der Waals surface area contributed by atoms with E-state index in [2.05, 4.69) is 72.7 Å². The lowest BCUT2D eigenvalue weighted by atomic mass is 9.78. The predicted molar refractivity (Wildman–Crippen MR) is 138 cm³/mol.